The average Bonchev–Trinajstić information content (AvgIpc) is 2.52. The Morgan fingerprint density at radius 3 is 2.82 bits per heavy atom. The number of aryl methyl sites for hydroxylation is 1. The highest BCUT2D eigenvalue weighted by Crippen LogP contribution is 2.20. The normalized spacial score (nSPS) is 10.1. The molecule has 0 radical (unpaired) electrons. The van der Waals surface area contributed by atoms with E-state index in [9.17, 15) is 14.7 Å². The van der Waals surface area contributed by atoms with E-state index in [1.165, 1.54) is 13.3 Å². The third kappa shape index (κ3) is 3.57. The van der Waals surface area contributed by atoms with Gasteiger partial charge in [0.2, 0.25) is 5.88 Å². The summed E-state index contributed by atoms with van der Waals surface area (Å²) in [6.45, 7) is 1.62. The van der Waals surface area contributed by atoms with Crippen molar-refractivity contribution >= 4 is 11.9 Å². The number of aromatic nitrogens is 2. The Kier molecular flexibility index (Phi) is 4.67. The van der Waals surface area contributed by atoms with Gasteiger partial charge >= 0.3 is 5.97 Å². The summed E-state index contributed by atoms with van der Waals surface area (Å²) < 4.78 is 4.42. The van der Waals surface area contributed by atoms with E-state index in [4.69, 9.17) is 0 Å². The fraction of sp³-hybridized carbons (Fsp3) is 0.200. The van der Waals surface area contributed by atoms with Gasteiger partial charge in [-0.2, -0.15) is 0 Å². The quantitative estimate of drug-likeness (QED) is 0.819. The van der Waals surface area contributed by atoms with Crippen LogP contribution in [0.4, 0.5) is 0 Å². The van der Waals surface area contributed by atoms with Crippen LogP contribution in [0.3, 0.4) is 0 Å². The molecule has 0 spiro atoms. The molecular formula is C15H15N3O4. The lowest BCUT2D eigenvalue weighted by Crippen LogP contribution is -2.31. The monoisotopic (exact) mass is 301 g/mol. The highest BCUT2D eigenvalue weighted by Gasteiger charge is 2.17. The number of carbonyl (C=O) groups is 2. The van der Waals surface area contributed by atoms with Crippen molar-refractivity contribution in [1.29, 1.82) is 0 Å². The maximum atomic E-state index is 12.0. The number of esters is 1. The number of ether oxygens (including phenoxy) is 1. The van der Waals surface area contributed by atoms with E-state index < -0.39 is 17.8 Å². The Bertz CT molecular complexity index is 716. The average molecular weight is 301 g/mol. The number of nitrogens with zero attached hydrogens (tertiary/aromatic N) is 2. The van der Waals surface area contributed by atoms with Crippen molar-refractivity contribution in [2.24, 2.45) is 0 Å². The first-order chi connectivity index (χ1) is 10.5. The van der Waals surface area contributed by atoms with Crippen molar-refractivity contribution in [3.63, 3.8) is 0 Å². The molecule has 7 nitrogen and oxygen atoms in total. The lowest BCUT2D eigenvalue weighted by Gasteiger charge is -2.07. The number of hydrogen-bond acceptors (Lipinski definition) is 6. The van der Waals surface area contributed by atoms with E-state index in [1.807, 2.05) is 31.2 Å². The van der Waals surface area contributed by atoms with Gasteiger partial charge in [-0.3, -0.25) is 9.59 Å². The number of rotatable bonds is 4. The fourth-order valence-corrected chi connectivity index (χ4v) is 1.79. The summed E-state index contributed by atoms with van der Waals surface area (Å²) >= 11 is 0. The molecule has 0 aliphatic heterocycles. The smallest absolute Gasteiger partial charge is 0.325 e. The lowest BCUT2D eigenvalue weighted by atomic mass is 10.1. The molecular weight excluding hydrogens is 286 g/mol. The summed E-state index contributed by atoms with van der Waals surface area (Å²) in [4.78, 5) is 30.9. The first-order valence-electron chi connectivity index (χ1n) is 6.49. The Labute approximate surface area is 127 Å². The molecule has 0 unspecified atom stereocenters. The Morgan fingerprint density at radius 2 is 2.14 bits per heavy atom. The molecule has 2 N–H and O–H groups in total. The molecule has 114 valence electrons. The van der Waals surface area contributed by atoms with Gasteiger partial charge in [0, 0.05) is 5.56 Å². The molecule has 1 amide bonds. The highest BCUT2D eigenvalue weighted by atomic mass is 16.5. The first kappa shape index (κ1) is 15.4. The number of nitrogens with one attached hydrogen (secondary N) is 1. The number of benzene rings is 1. The minimum atomic E-state index is -0.704. The van der Waals surface area contributed by atoms with Gasteiger partial charge in [-0.1, -0.05) is 23.8 Å². The van der Waals surface area contributed by atoms with Gasteiger partial charge < -0.3 is 15.2 Å². The Balaban J connectivity index is 2.27. The summed E-state index contributed by atoms with van der Waals surface area (Å²) in [5.41, 5.74) is 2.01. The van der Waals surface area contributed by atoms with Gasteiger partial charge in [0.05, 0.1) is 19.0 Å². The van der Waals surface area contributed by atoms with Crippen LogP contribution < -0.4 is 5.32 Å². The Morgan fingerprint density at radius 1 is 1.36 bits per heavy atom. The molecule has 1 heterocycles. The number of carbonyl (C=O) groups excluding carboxylic acids is 2. The van der Waals surface area contributed by atoms with E-state index >= 15 is 0 Å². The van der Waals surface area contributed by atoms with Crippen molar-refractivity contribution in [2.75, 3.05) is 13.7 Å². The summed E-state index contributed by atoms with van der Waals surface area (Å²) in [5.74, 6) is -1.81. The van der Waals surface area contributed by atoms with Gasteiger partial charge in [0.25, 0.3) is 5.91 Å². The second kappa shape index (κ2) is 6.66. The molecule has 7 heteroatoms. The van der Waals surface area contributed by atoms with E-state index in [2.05, 4.69) is 20.0 Å². The van der Waals surface area contributed by atoms with Crippen LogP contribution in [-0.4, -0.2) is 40.6 Å². The van der Waals surface area contributed by atoms with Gasteiger partial charge in [-0.05, 0) is 13.0 Å². The minimum Gasteiger partial charge on any atom is -0.492 e. The number of amides is 1. The number of methoxy groups -OCH3 is 1. The summed E-state index contributed by atoms with van der Waals surface area (Å²) in [6.07, 6.45) is 1.38. The van der Waals surface area contributed by atoms with Crippen LogP contribution in [0.2, 0.25) is 0 Å². The van der Waals surface area contributed by atoms with Gasteiger partial charge in [0.1, 0.15) is 6.54 Å². The van der Waals surface area contributed by atoms with Crippen LogP contribution in [0.5, 0.6) is 5.88 Å². The van der Waals surface area contributed by atoms with Crippen LogP contribution in [-0.2, 0) is 9.53 Å². The standard InChI is InChI=1S/C15H15N3O4/c1-9-4-3-5-10(6-9)11-7-16-14(20)13(18-11)15(21)17-8-12(19)22-2/h3-7H,8H2,1-2H3,(H,16,20)(H,17,21). The zero-order chi connectivity index (χ0) is 16.1. The summed E-state index contributed by atoms with van der Waals surface area (Å²) in [7, 11) is 1.21. The van der Waals surface area contributed by atoms with Crippen LogP contribution in [0, 0.1) is 6.92 Å². The van der Waals surface area contributed by atoms with Crippen LogP contribution in [0.1, 0.15) is 16.1 Å². The number of hydrogen-bond donors (Lipinski definition) is 2. The zero-order valence-electron chi connectivity index (χ0n) is 12.2. The van der Waals surface area contributed by atoms with Crippen molar-refractivity contribution in [1.82, 2.24) is 15.3 Å². The molecule has 0 aliphatic carbocycles. The molecule has 0 saturated carbocycles. The molecule has 0 fully saturated rings. The molecule has 0 atom stereocenters. The zero-order valence-corrected chi connectivity index (χ0v) is 12.2. The lowest BCUT2D eigenvalue weighted by molar-refractivity contribution is -0.139. The summed E-state index contributed by atoms with van der Waals surface area (Å²) in [6, 6.07) is 7.50. The largest absolute Gasteiger partial charge is 0.492 e. The Hall–Kier alpha value is -2.96. The second-order valence-electron chi connectivity index (χ2n) is 4.56. The SMILES string of the molecule is COC(=O)CNC(=O)c1nc(-c2cccc(C)c2)cnc1O. The molecule has 1 aromatic heterocycles. The van der Waals surface area contributed by atoms with Crippen molar-refractivity contribution in [3.05, 3.63) is 41.7 Å². The minimum absolute atomic E-state index is 0.247. The number of aromatic hydroxyl groups is 1. The van der Waals surface area contributed by atoms with E-state index in [-0.39, 0.29) is 12.2 Å². The molecule has 0 aliphatic rings. The van der Waals surface area contributed by atoms with E-state index in [1.54, 1.807) is 0 Å². The molecule has 0 bridgehead atoms. The van der Waals surface area contributed by atoms with Crippen molar-refractivity contribution in [2.45, 2.75) is 6.92 Å². The third-order valence-electron chi connectivity index (χ3n) is 2.90. The van der Waals surface area contributed by atoms with Crippen molar-refractivity contribution in [3.8, 4) is 17.1 Å². The molecule has 22 heavy (non-hydrogen) atoms. The maximum absolute atomic E-state index is 12.0. The van der Waals surface area contributed by atoms with Gasteiger partial charge in [-0.15, -0.1) is 0 Å². The van der Waals surface area contributed by atoms with Crippen molar-refractivity contribution < 1.29 is 19.4 Å². The van der Waals surface area contributed by atoms with Crippen LogP contribution in [0.15, 0.2) is 30.5 Å². The highest BCUT2D eigenvalue weighted by molar-refractivity contribution is 5.96. The molecule has 0 saturated heterocycles. The molecule has 2 aromatic rings. The topological polar surface area (TPSA) is 101 Å². The maximum Gasteiger partial charge on any atom is 0.325 e. The second-order valence-corrected chi connectivity index (χ2v) is 4.56. The fourth-order valence-electron chi connectivity index (χ4n) is 1.79. The van der Waals surface area contributed by atoms with Crippen LogP contribution >= 0.6 is 0 Å². The molecule has 2 rings (SSSR count). The first-order valence-corrected chi connectivity index (χ1v) is 6.49. The van der Waals surface area contributed by atoms with E-state index in [0.717, 1.165) is 11.1 Å². The van der Waals surface area contributed by atoms with Gasteiger partial charge in [-0.25, -0.2) is 9.97 Å². The molecule has 1 aromatic carbocycles. The third-order valence-corrected chi connectivity index (χ3v) is 2.90. The predicted octanol–water partition coefficient (Wildman–Crippen LogP) is 1.06. The predicted molar refractivity (Wildman–Crippen MR) is 78.2 cm³/mol. The van der Waals surface area contributed by atoms with E-state index in [0.29, 0.717) is 5.69 Å². The van der Waals surface area contributed by atoms with Crippen LogP contribution in [0.25, 0.3) is 11.3 Å². The summed E-state index contributed by atoms with van der Waals surface area (Å²) in [5, 5.41) is 12.0. The van der Waals surface area contributed by atoms with Gasteiger partial charge in [0.15, 0.2) is 5.69 Å².